The largest absolute Gasteiger partial charge is 0.450 e. The van der Waals surface area contributed by atoms with E-state index < -0.39 is 0 Å². The first kappa shape index (κ1) is 7.82. The van der Waals surface area contributed by atoms with Crippen molar-refractivity contribution in [3.05, 3.63) is 23.8 Å². The molecule has 0 aliphatic carbocycles. The Labute approximate surface area is 65.6 Å². The molecule has 1 radical (unpaired) electrons. The Morgan fingerprint density at radius 3 is 2.82 bits per heavy atom. The van der Waals surface area contributed by atoms with Gasteiger partial charge < -0.3 is 16.2 Å². The minimum absolute atomic E-state index is 0.547. The Bertz CT molecular complexity index is 275. The van der Waals surface area contributed by atoms with Crippen LogP contribution in [-0.4, -0.2) is 18.7 Å². The van der Waals surface area contributed by atoms with Gasteiger partial charge in [-0.1, -0.05) is 17.6 Å². The first-order valence-electron chi connectivity index (χ1n) is 3.15. The van der Waals surface area contributed by atoms with Gasteiger partial charge in [-0.2, -0.15) is 0 Å². The lowest BCUT2D eigenvalue weighted by molar-refractivity contribution is 0.615. The fraction of sp³-hybridized carbons (Fsp3) is 0. The Balaban J connectivity index is 3.12. The van der Waals surface area contributed by atoms with Crippen LogP contribution in [0.25, 0.3) is 0 Å². The van der Waals surface area contributed by atoms with E-state index in [9.17, 15) is 0 Å². The molecule has 0 saturated carbocycles. The molecule has 1 aromatic rings. The third-order valence-corrected chi connectivity index (χ3v) is 1.42. The molecule has 0 amide bonds. The number of hydrogen-bond acceptors (Lipinski definition) is 3. The second-order valence-corrected chi connectivity index (χ2v) is 2.16. The van der Waals surface area contributed by atoms with E-state index in [0.29, 0.717) is 16.7 Å². The quantitative estimate of drug-likeness (QED) is 0.300. The summed E-state index contributed by atoms with van der Waals surface area (Å²) in [6, 6.07) is 4.98. The fourth-order valence-electron chi connectivity index (χ4n) is 0.799. The lowest BCUT2D eigenvalue weighted by atomic mass is 9.87. The molecule has 1 rings (SSSR count). The van der Waals surface area contributed by atoms with Crippen molar-refractivity contribution in [1.82, 2.24) is 0 Å². The van der Waals surface area contributed by atoms with E-state index >= 15 is 0 Å². The van der Waals surface area contributed by atoms with Crippen molar-refractivity contribution in [3.63, 3.8) is 0 Å². The average Bonchev–Trinajstić information content (AvgIpc) is 2.05. The number of benzene rings is 1. The molecule has 0 bridgehead atoms. The molecule has 0 aliphatic rings. The van der Waals surface area contributed by atoms with Crippen LogP contribution in [0.2, 0.25) is 0 Å². The standard InChI is InChI=1S/C7H8BN2O/c9-4-5-3-6(8-11)1-2-7(5)10/h1-4,9,11H,10H2. The van der Waals surface area contributed by atoms with Gasteiger partial charge in [-0.3, -0.25) is 0 Å². The highest BCUT2D eigenvalue weighted by Gasteiger charge is 1.97. The second-order valence-electron chi connectivity index (χ2n) is 2.16. The van der Waals surface area contributed by atoms with Crippen molar-refractivity contribution < 1.29 is 5.02 Å². The monoisotopic (exact) mass is 147 g/mol. The molecule has 55 valence electrons. The van der Waals surface area contributed by atoms with Crippen LogP contribution in [0.5, 0.6) is 0 Å². The summed E-state index contributed by atoms with van der Waals surface area (Å²) >= 11 is 0. The van der Waals surface area contributed by atoms with E-state index in [4.69, 9.17) is 16.2 Å². The number of anilines is 1. The highest BCUT2D eigenvalue weighted by atomic mass is 16.2. The van der Waals surface area contributed by atoms with Gasteiger partial charge in [0.15, 0.2) is 0 Å². The zero-order valence-electron chi connectivity index (χ0n) is 5.91. The predicted molar refractivity (Wildman–Crippen MR) is 46.3 cm³/mol. The third-order valence-electron chi connectivity index (χ3n) is 1.42. The van der Waals surface area contributed by atoms with Gasteiger partial charge in [0.25, 0.3) is 0 Å². The molecule has 4 N–H and O–H groups in total. The predicted octanol–water partition coefficient (Wildman–Crippen LogP) is -0.497. The molecule has 0 fully saturated rings. The Kier molecular flexibility index (Phi) is 2.28. The molecular formula is C7H8BN2O. The molecule has 0 saturated heterocycles. The summed E-state index contributed by atoms with van der Waals surface area (Å²) in [7, 11) is 0.979. The first-order valence-corrected chi connectivity index (χ1v) is 3.15. The van der Waals surface area contributed by atoms with Gasteiger partial charge in [-0.05, 0) is 6.07 Å². The number of nitrogen functional groups attached to an aromatic ring is 1. The Morgan fingerprint density at radius 1 is 1.55 bits per heavy atom. The van der Waals surface area contributed by atoms with Crippen LogP contribution in [0.3, 0.4) is 0 Å². The lowest BCUT2D eigenvalue weighted by Gasteiger charge is -2.00. The summed E-state index contributed by atoms with van der Waals surface area (Å²) in [5.74, 6) is 0. The van der Waals surface area contributed by atoms with Crippen molar-refractivity contribution in [2.24, 2.45) is 0 Å². The Hall–Kier alpha value is -1.29. The summed E-state index contributed by atoms with van der Waals surface area (Å²) in [6.45, 7) is 0. The molecule has 4 heteroatoms. The molecule has 0 heterocycles. The minimum atomic E-state index is 0.547. The van der Waals surface area contributed by atoms with E-state index in [1.54, 1.807) is 18.2 Å². The summed E-state index contributed by atoms with van der Waals surface area (Å²) in [6.07, 6.45) is 1.16. The molecule has 1 aromatic carbocycles. The van der Waals surface area contributed by atoms with Crippen molar-refractivity contribution in [2.45, 2.75) is 0 Å². The SMILES string of the molecule is N=Cc1cc([B]O)ccc1N. The van der Waals surface area contributed by atoms with Gasteiger partial charge in [0.2, 0.25) is 0 Å². The van der Waals surface area contributed by atoms with Gasteiger partial charge in [-0.25, -0.2) is 0 Å². The maximum Gasteiger partial charge on any atom is 0.326 e. The molecule has 0 atom stereocenters. The van der Waals surface area contributed by atoms with E-state index in [0.717, 1.165) is 13.7 Å². The molecular weight excluding hydrogens is 139 g/mol. The van der Waals surface area contributed by atoms with Crippen LogP contribution in [0.1, 0.15) is 5.56 Å². The molecule has 0 aliphatic heterocycles. The van der Waals surface area contributed by atoms with Crippen molar-refractivity contribution in [2.75, 3.05) is 5.73 Å². The third kappa shape index (κ3) is 1.59. The highest BCUT2D eigenvalue weighted by molar-refractivity contribution is 6.45. The number of rotatable bonds is 2. The number of hydrogen-bond donors (Lipinski definition) is 3. The van der Waals surface area contributed by atoms with E-state index in [1.165, 1.54) is 0 Å². The summed E-state index contributed by atoms with van der Waals surface area (Å²) in [4.78, 5) is 0. The lowest BCUT2D eigenvalue weighted by Crippen LogP contribution is -2.14. The molecule has 0 unspecified atom stereocenters. The van der Waals surface area contributed by atoms with Crippen LogP contribution in [0, 0.1) is 5.41 Å². The average molecular weight is 147 g/mol. The summed E-state index contributed by atoms with van der Waals surface area (Å²) < 4.78 is 0. The van der Waals surface area contributed by atoms with Crippen LogP contribution in [-0.2, 0) is 0 Å². The summed E-state index contributed by atoms with van der Waals surface area (Å²) in [5.41, 5.74) is 7.32. The number of nitrogens with two attached hydrogens (primary N) is 1. The second kappa shape index (κ2) is 3.21. The van der Waals surface area contributed by atoms with Gasteiger partial charge in [0.1, 0.15) is 0 Å². The number of nitrogens with one attached hydrogen (secondary N) is 1. The molecule has 0 spiro atoms. The van der Waals surface area contributed by atoms with E-state index in [-0.39, 0.29) is 0 Å². The van der Waals surface area contributed by atoms with Gasteiger partial charge >= 0.3 is 7.48 Å². The minimum Gasteiger partial charge on any atom is -0.450 e. The maximum atomic E-state index is 8.61. The van der Waals surface area contributed by atoms with Crippen molar-refractivity contribution in [1.29, 1.82) is 5.41 Å². The van der Waals surface area contributed by atoms with E-state index in [2.05, 4.69) is 0 Å². The van der Waals surface area contributed by atoms with Gasteiger partial charge in [-0.15, -0.1) is 0 Å². The van der Waals surface area contributed by atoms with Gasteiger partial charge in [0, 0.05) is 17.5 Å². The maximum absolute atomic E-state index is 8.61. The highest BCUT2D eigenvalue weighted by Crippen LogP contribution is 2.04. The van der Waals surface area contributed by atoms with Crippen LogP contribution in [0.4, 0.5) is 5.69 Å². The molecule has 3 nitrogen and oxygen atoms in total. The zero-order valence-corrected chi connectivity index (χ0v) is 5.91. The molecule has 0 aromatic heterocycles. The van der Waals surface area contributed by atoms with Crippen molar-refractivity contribution in [3.8, 4) is 0 Å². The topological polar surface area (TPSA) is 70.1 Å². The van der Waals surface area contributed by atoms with Crippen molar-refractivity contribution >= 4 is 24.8 Å². The smallest absolute Gasteiger partial charge is 0.326 e. The first-order chi connectivity index (χ1) is 5.27. The summed E-state index contributed by atoms with van der Waals surface area (Å²) in [5, 5.41) is 15.6. The van der Waals surface area contributed by atoms with E-state index in [1.807, 2.05) is 0 Å². The zero-order chi connectivity index (χ0) is 8.27. The normalized spacial score (nSPS) is 9.18. The van der Waals surface area contributed by atoms with Crippen LogP contribution < -0.4 is 11.2 Å². The Morgan fingerprint density at radius 2 is 2.27 bits per heavy atom. The van der Waals surface area contributed by atoms with Crippen LogP contribution in [0.15, 0.2) is 18.2 Å². The fourth-order valence-corrected chi connectivity index (χ4v) is 0.799. The van der Waals surface area contributed by atoms with Gasteiger partial charge in [0.05, 0.1) is 0 Å². The van der Waals surface area contributed by atoms with Crippen LogP contribution >= 0.6 is 0 Å². The molecule has 11 heavy (non-hydrogen) atoms.